The lowest BCUT2D eigenvalue weighted by atomic mass is 10.1. The van der Waals surface area contributed by atoms with E-state index in [2.05, 4.69) is 5.32 Å². The number of amides is 1. The van der Waals surface area contributed by atoms with Gasteiger partial charge in [-0.3, -0.25) is 4.79 Å². The van der Waals surface area contributed by atoms with Gasteiger partial charge in [-0.1, -0.05) is 24.6 Å². The third-order valence-electron chi connectivity index (χ3n) is 6.28. The monoisotopic (exact) mass is 472 g/mol. The predicted molar refractivity (Wildman–Crippen MR) is 127 cm³/mol. The minimum atomic E-state index is -3.65. The maximum absolute atomic E-state index is 13.2. The van der Waals surface area contributed by atoms with Gasteiger partial charge in [0.2, 0.25) is 10.0 Å². The number of nitrogens with one attached hydrogen (secondary N) is 1. The van der Waals surface area contributed by atoms with Crippen LogP contribution < -0.4 is 10.1 Å². The number of sulfonamides is 1. The predicted octanol–water partition coefficient (Wildman–Crippen LogP) is 4.45. The standard InChI is InChI=1S/C25H32N2O5S/c1-19-9-4-6-15-27(19)33(29,30)22-12-8-10-20(17-22)25(28)26-23-13-2-3-14-24(23)32-18-21-11-5-7-16-31-21/h2-3,8,10,12-14,17,19,21H,4-7,9,11,15-16,18H2,1H3,(H,26,28). The summed E-state index contributed by atoms with van der Waals surface area (Å²) in [5, 5.41) is 2.87. The van der Waals surface area contributed by atoms with Crippen LogP contribution in [0.5, 0.6) is 5.75 Å². The summed E-state index contributed by atoms with van der Waals surface area (Å²) < 4.78 is 39.6. The molecule has 0 spiro atoms. The molecule has 0 radical (unpaired) electrons. The number of piperidine rings is 1. The fourth-order valence-electron chi connectivity index (χ4n) is 4.37. The molecule has 2 heterocycles. The third-order valence-corrected chi connectivity index (χ3v) is 8.29. The van der Waals surface area contributed by atoms with Gasteiger partial charge in [-0.15, -0.1) is 0 Å². The van der Waals surface area contributed by atoms with Gasteiger partial charge < -0.3 is 14.8 Å². The van der Waals surface area contributed by atoms with E-state index in [1.54, 1.807) is 34.6 Å². The fraction of sp³-hybridized carbons (Fsp3) is 0.480. The molecule has 2 aromatic carbocycles. The number of anilines is 1. The Hall–Kier alpha value is -2.42. The molecular weight excluding hydrogens is 440 g/mol. The van der Waals surface area contributed by atoms with E-state index in [1.807, 2.05) is 19.1 Å². The Morgan fingerprint density at radius 1 is 1.09 bits per heavy atom. The maximum Gasteiger partial charge on any atom is 0.255 e. The summed E-state index contributed by atoms with van der Waals surface area (Å²) >= 11 is 0. The van der Waals surface area contributed by atoms with Gasteiger partial charge in [0.25, 0.3) is 5.91 Å². The Morgan fingerprint density at radius 2 is 1.91 bits per heavy atom. The Balaban J connectivity index is 1.47. The second-order valence-electron chi connectivity index (χ2n) is 8.74. The maximum atomic E-state index is 13.2. The number of benzene rings is 2. The molecule has 0 saturated carbocycles. The Bertz CT molecular complexity index is 1070. The molecule has 178 valence electrons. The van der Waals surface area contributed by atoms with Crippen LogP contribution in [-0.4, -0.2) is 50.5 Å². The van der Waals surface area contributed by atoms with Crippen molar-refractivity contribution in [3.05, 3.63) is 54.1 Å². The van der Waals surface area contributed by atoms with E-state index in [1.165, 1.54) is 6.07 Å². The van der Waals surface area contributed by atoms with Crippen LogP contribution >= 0.6 is 0 Å². The molecule has 1 amide bonds. The smallest absolute Gasteiger partial charge is 0.255 e. The molecular formula is C25H32N2O5S. The highest BCUT2D eigenvalue weighted by atomic mass is 32.2. The summed E-state index contributed by atoms with van der Waals surface area (Å²) in [7, 11) is -3.65. The van der Waals surface area contributed by atoms with Crippen LogP contribution in [0.25, 0.3) is 0 Å². The first kappa shape index (κ1) is 23.7. The average molecular weight is 473 g/mol. The molecule has 4 rings (SSSR count). The summed E-state index contributed by atoms with van der Waals surface area (Å²) in [4.78, 5) is 13.1. The second-order valence-corrected chi connectivity index (χ2v) is 10.6. The van der Waals surface area contributed by atoms with Crippen LogP contribution in [-0.2, 0) is 14.8 Å². The van der Waals surface area contributed by atoms with Crippen LogP contribution in [0.4, 0.5) is 5.69 Å². The number of nitrogens with zero attached hydrogens (tertiary/aromatic N) is 1. The zero-order valence-electron chi connectivity index (χ0n) is 19.0. The summed E-state index contributed by atoms with van der Waals surface area (Å²) in [6, 6.07) is 13.4. The van der Waals surface area contributed by atoms with Crippen molar-refractivity contribution in [3.8, 4) is 5.75 Å². The van der Waals surface area contributed by atoms with Gasteiger partial charge in [-0.2, -0.15) is 4.31 Å². The van der Waals surface area contributed by atoms with Crippen LogP contribution in [0.15, 0.2) is 53.4 Å². The van der Waals surface area contributed by atoms with Gasteiger partial charge >= 0.3 is 0 Å². The van der Waals surface area contributed by atoms with Crippen LogP contribution in [0.3, 0.4) is 0 Å². The highest BCUT2D eigenvalue weighted by Crippen LogP contribution is 2.28. The molecule has 0 bridgehead atoms. The molecule has 2 atom stereocenters. The highest BCUT2D eigenvalue weighted by molar-refractivity contribution is 7.89. The molecule has 2 saturated heterocycles. The molecule has 8 heteroatoms. The number of hydrogen-bond donors (Lipinski definition) is 1. The van der Waals surface area contributed by atoms with Crippen molar-refractivity contribution in [1.82, 2.24) is 4.31 Å². The summed E-state index contributed by atoms with van der Waals surface area (Å²) in [5.74, 6) is 0.176. The summed E-state index contributed by atoms with van der Waals surface area (Å²) in [6.45, 7) is 3.62. The van der Waals surface area contributed by atoms with Gasteiger partial charge in [0.05, 0.1) is 16.7 Å². The number of carbonyl (C=O) groups is 1. The van der Waals surface area contributed by atoms with E-state index in [4.69, 9.17) is 9.47 Å². The molecule has 2 aliphatic rings. The van der Waals surface area contributed by atoms with Gasteiger partial charge in [0, 0.05) is 24.8 Å². The van der Waals surface area contributed by atoms with E-state index < -0.39 is 10.0 Å². The molecule has 0 aliphatic carbocycles. The normalized spacial score (nSPS) is 22.0. The van der Waals surface area contributed by atoms with Crippen molar-refractivity contribution >= 4 is 21.6 Å². The van der Waals surface area contributed by atoms with E-state index >= 15 is 0 Å². The molecule has 0 aromatic heterocycles. The number of carbonyl (C=O) groups excluding carboxylic acids is 1. The summed E-state index contributed by atoms with van der Waals surface area (Å²) in [6.07, 6.45) is 5.96. The first-order valence-corrected chi connectivity index (χ1v) is 13.2. The van der Waals surface area contributed by atoms with Gasteiger partial charge in [0.15, 0.2) is 0 Å². The first-order valence-electron chi connectivity index (χ1n) is 11.7. The third kappa shape index (κ3) is 5.75. The lowest BCUT2D eigenvalue weighted by Gasteiger charge is -2.32. The van der Waals surface area contributed by atoms with Gasteiger partial charge in [0.1, 0.15) is 12.4 Å². The van der Waals surface area contributed by atoms with Crippen LogP contribution in [0.1, 0.15) is 55.8 Å². The van der Waals surface area contributed by atoms with Crippen molar-refractivity contribution in [2.24, 2.45) is 0 Å². The molecule has 2 fully saturated rings. The van der Waals surface area contributed by atoms with Crippen LogP contribution in [0.2, 0.25) is 0 Å². The molecule has 2 unspecified atom stereocenters. The number of para-hydroxylation sites is 2. The Kier molecular flexibility index (Phi) is 7.67. The SMILES string of the molecule is CC1CCCCN1S(=O)(=O)c1cccc(C(=O)Nc2ccccc2OCC2CCCCO2)c1. The number of rotatable bonds is 7. The van der Waals surface area contributed by atoms with Crippen molar-refractivity contribution in [1.29, 1.82) is 0 Å². The Labute approximate surface area is 196 Å². The number of hydrogen-bond acceptors (Lipinski definition) is 5. The first-order chi connectivity index (χ1) is 15.9. The topological polar surface area (TPSA) is 84.9 Å². The summed E-state index contributed by atoms with van der Waals surface area (Å²) in [5.41, 5.74) is 0.822. The van der Waals surface area contributed by atoms with Gasteiger partial charge in [-0.25, -0.2) is 8.42 Å². The van der Waals surface area contributed by atoms with E-state index in [9.17, 15) is 13.2 Å². The van der Waals surface area contributed by atoms with Crippen molar-refractivity contribution in [2.45, 2.75) is 62.5 Å². The molecule has 1 N–H and O–H groups in total. The van der Waals surface area contributed by atoms with E-state index in [0.29, 0.717) is 24.6 Å². The average Bonchev–Trinajstić information content (AvgIpc) is 2.84. The zero-order chi connectivity index (χ0) is 23.3. The Morgan fingerprint density at radius 3 is 2.70 bits per heavy atom. The zero-order valence-corrected chi connectivity index (χ0v) is 19.9. The quantitative estimate of drug-likeness (QED) is 0.644. The second kappa shape index (κ2) is 10.7. The van der Waals surface area contributed by atoms with E-state index in [0.717, 1.165) is 45.1 Å². The highest BCUT2D eigenvalue weighted by Gasteiger charge is 2.31. The molecule has 2 aromatic rings. The number of ether oxygens (including phenoxy) is 2. The lowest BCUT2D eigenvalue weighted by molar-refractivity contribution is -0.0109. The van der Waals surface area contributed by atoms with Crippen molar-refractivity contribution in [2.75, 3.05) is 25.1 Å². The van der Waals surface area contributed by atoms with Crippen molar-refractivity contribution in [3.63, 3.8) is 0 Å². The van der Waals surface area contributed by atoms with Crippen molar-refractivity contribution < 1.29 is 22.7 Å². The minimum Gasteiger partial charge on any atom is -0.489 e. The largest absolute Gasteiger partial charge is 0.489 e. The minimum absolute atomic E-state index is 0.0431. The van der Waals surface area contributed by atoms with E-state index in [-0.39, 0.29) is 28.5 Å². The molecule has 33 heavy (non-hydrogen) atoms. The lowest BCUT2D eigenvalue weighted by Crippen LogP contribution is -2.41. The molecule has 2 aliphatic heterocycles. The molecule has 7 nitrogen and oxygen atoms in total. The fourth-order valence-corrected chi connectivity index (χ4v) is 6.12. The van der Waals surface area contributed by atoms with Gasteiger partial charge in [-0.05, 0) is 69.4 Å². The van der Waals surface area contributed by atoms with Crippen LogP contribution in [0, 0.1) is 0 Å².